The standard InChI is InChI=1S/C15H21N3O4/c1-15(2,3)22-11-6-9(11)13(20)18-5-4-8-10(7-18)16-14(21)17-12(8)19/h9,11H,4-7H2,1-3H3,(H2,16,17,19,21)/t9-,11-/m1/s1. The summed E-state index contributed by atoms with van der Waals surface area (Å²) in [6.45, 7) is 6.70. The van der Waals surface area contributed by atoms with Gasteiger partial charge in [0.25, 0.3) is 5.56 Å². The van der Waals surface area contributed by atoms with Gasteiger partial charge in [-0.1, -0.05) is 0 Å². The summed E-state index contributed by atoms with van der Waals surface area (Å²) >= 11 is 0. The summed E-state index contributed by atoms with van der Waals surface area (Å²) in [6, 6.07) is 0. The van der Waals surface area contributed by atoms with E-state index in [2.05, 4.69) is 9.97 Å². The van der Waals surface area contributed by atoms with E-state index >= 15 is 0 Å². The molecule has 7 heteroatoms. The number of aromatic nitrogens is 2. The molecule has 0 bridgehead atoms. The van der Waals surface area contributed by atoms with E-state index in [1.165, 1.54) is 0 Å². The molecule has 7 nitrogen and oxygen atoms in total. The van der Waals surface area contributed by atoms with Crippen LogP contribution in [0.3, 0.4) is 0 Å². The fourth-order valence-electron chi connectivity index (χ4n) is 2.91. The van der Waals surface area contributed by atoms with Crippen LogP contribution in [0.2, 0.25) is 0 Å². The summed E-state index contributed by atoms with van der Waals surface area (Å²) in [5.41, 5.74) is -0.0268. The van der Waals surface area contributed by atoms with E-state index in [9.17, 15) is 14.4 Å². The number of hydrogen-bond acceptors (Lipinski definition) is 4. The van der Waals surface area contributed by atoms with Gasteiger partial charge in [-0.2, -0.15) is 0 Å². The Morgan fingerprint density at radius 1 is 1.27 bits per heavy atom. The molecule has 1 aromatic rings. The lowest BCUT2D eigenvalue weighted by atomic mass is 10.1. The average Bonchev–Trinajstić information content (AvgIpc) is 3.13. The Morgan fingerprint density at radius 3 is 2.68 bits per heavy atom. The van der Waals surface area contributed by atoms with Crippen molar-refractivity contribution in [2.75, 3.05) is 6.54 Å². The van der Waals surface area contributed by atoms with Crippen LogP contribution in [0, 0.1) is 5.92 Å². The molecule has 2 heterocycles. The number of amides is 1. The number of carbonyl (C=O) groups excluding carboxylic acids is 1. The lowest BCUT2D eigenvalue weighted by molar-refractivity contribution is -0.135. The van der Waals surface area contributed by atoms with E-state index < -0.39 is 5.69 Å². The van der Waals surface area contributed by atoms with Crippen LogP contribution < -0.4 is 11.2 Å². The second-order valence-electron chi connectivity index (χ2n) is 6.99. The predicted molar refractivity (Wildman–Crippen MR) is 79.5 cm³/mol. The van der Waals surface area contributed by atoms with Crippen molar-refractivity contribution in [1.29, 1.82) is 0 Å². The molecule has 1 aromatic heterocycles. The van der Waals surface area contributed by atoms with Gasteiger partial charge in [0.1, 0.15) is 0 Å². The summed E-state index contributed by atoms with van der Waals surface area (Å²) in [7, 11) is 0. The molecule has 0 unspecified atom stereocenters. The van der Waals surface area contributed by atoms with Crippen molar-refractivity contribution < 1.29 is 9.53 Å². The zero-order chi connectivity index (χ0) is 16.1. The van der Waals surface area contributed by atoms with Crippen molar-refractivity contribution in [3.05, 3.63) is 32.1 Å². The Labute approximate surface area is 127 Å². The van der Waals surface area contributed by atoms with Gasteiger partial charge < -0.3 is 14.6 Å². The molecular formula is C15H21N3O4. The lowest BCUT2D eigenvalue weighted by Gasteiger charge is -2.28. The first-order valence-electron chi connectivity index (χ1n) is 7.55. The van der Waals surface area contributed by atoms with E-state index in [4.69, 9.17) is 4.74 Å². The number of H-pyrrole nitrogens is 2. The van der Waals surface area contributed by atoms with Gasteiger partial charge in [0.2, 0.25) is 5.91 Å². The fraction of sp³-hybridized carbons (Fsp3) is 0.667. The van der Waals surface area contributed by atoms with Crippen molar-refractivity contribution >= 4 is 5.91 Å². The van der Waals surface area contributed by atoms with Gasteiger partial charge in [-0.05, 0) is 33.6 Å². The minimum atomic E-state index is -0.529. The molecule has 3 rings (SSSR count). The third-order valence-electron chi connectivity index (χ3n) is 3.98. The molecule has 0 aromatic carbocycles. The summed E-state index contributed by atoms with van der Waals surface area (Å²) in [4.78, 5) is 42.1. The molecule has 2 aliphatic rings. The largest absolute Gasteiger partial charge is 0.372 e. The molecule has 1 saturated carbocycles. The van der Waals surface area contributed by atoms with Crippen molar-refractivity contribution in [2.24, 2.45) is 5.92 Å². The first-order chi connectivity index (χ1) is 10.2. The quantitative estimate of drug-likeness (QED) is 0.813. The van der Waals surface area contributed by atoms with Gasteiger partial charge >= 0.3 is 5.69 Å². The van der Waals surface area contributed by atoms with E-state index in [1.807, 2.05) is 20.8 Å². The van der Waals surface area contributed by atoms with Crippen molar-refractivity contribution in [3.63, 3.8) is 0 Å². The number of hydrogen-bond donors (Lipinski definition) is 2. The van der Waals surface area contributed by atoms with Gasteiger partial charge in [0.05, 0.1) is 24.2 Å². The van der Waals surface area contributed by atoms with Crippen LogP contribution >= 0.6 is 0 Å². The van der Waals surface area contributed by atoms with Gasteiger partial charge in [0.15, 0.2) is 0 Å². The fourth-order valence-corrected chi connectivity index (χ4v) is 2.91. The molecule has 1 aliphatic carbocycles. The normalized spacial score (nSPS) is 24.0. The highest BCUT2D eigenvalue weighted by atomic mass is 16.5. The maximum atomic E-state index is 12.5. The minimum absolute atomic E-state index is 0.0212. The number of rotatable bonds is 2. The van der Waals surface area contributed by atoms with Crippen LogP contribution in [0.5, 0.6) is 0 Å². The van der Waals surface area contributed by atoms with Crippen LogP contribution in [-0.4, -0.2) is 39.0 Å². The molecule has 0 radical (unpaired) electrons. The Kier molecular flexibility index (Phi) is 3.47. The van der Waals surface area contributed by atoms with E-state index in [-0.39, 0.29) is 35.6 Å². The van der Waals surface area contributed by atoms with Crippen molar-refractivity contribution in [1.82, 2.24) is 14.9 Å². The van der Waals surface area contributed by atoms with Gasteiger partial charge in [0, 0.05) is 17.8 Å². The van der Waals surface area contributed by atoms with Crippen molar-refractivity contribution in [3.8, 4) is 0 Å². The number of aromatic amines is 2. The highest BCUT2D eigenvalue weighted by Gasteiger charge is 2.48. The van der Waals surface area contributed by atoms with E-state index in [1.54, 1.807) is 4.90 Å². The molecule has 22 heavy (non-hydrogen) atoms. The molecule has 0 saturated heterocycles. The van der Waals surface area contributed by atoms with Crippen LogP contribution in [-0.2, 0) is 22.5 Å². The average molecular weight is 307 g/mol. The van der Waals surface area contributed by atoms with Crippen LogP contribution in [0.25, 0.3) is 0 Å². The number of carbonyl (C=O) groups is 1. The third kappa shape index (κ3) is 2.99. The molecule has 2 N–H and O–H groups in total. The second-order valence-corrected chi connectivity index (χ2v) is 6.99. The van der Waals surface area contributed by atoms with Gasteiger partial charge in [-0.25, -0.2) is 4.79 Å². The van der Waals surface area contributed by atoms with Crippen molar-refractivity contribution in [2.45, 2.75) is 51.9 Å². The van der Waals surface area contributed by atoms with Crippen LogP contribution in [0.15, 0.2) is 9.59 Å². The zero-order valence-electron chi connectivity index (χ0n) is 13.1. The number of ether oxygens (including phenoxy) is 1. The number of nitrogens with zero attached hydrogens (tertiary/aromatic N) is 1. The summed E-state index contributed by atoms with van der Waals surface area (Å²) < 4.78 is 5.82. The summed E-state index contributed by atoms with van der Waals surface area (Å²) in [5, 5.41) is 0. The van der Waals surface area contributed by atoms with Crippen LogP contribution in [0.4, 0.5) is 0 Å². The monoisotopic (exact) mass is 307 g/mol. The molecule has 1 fully saturated rings. The minimum Gasteiger partial charge on any atom is -0.372 e. The predicted octanol–water partition coefficient (Wildman–Crippen LogP) is 0.152. The number of fused-ring (bicyclic) bond motifs is 1. The SMILES string of the molecule is CC(C)(C)O[C@@H]1C[C@H]1C(=O)N1CCc2c([nH]c(=O)[nH]c2=O)C1. The molecule has 2 atom stereocenters. The van der Waals surface area contributed by atoms with E-state index in [0.717, 1.165) is 6.42 Å². The Bertz CT molecular complexity index is 713. The lowest BCUT2D eigenvalue weighted by Crippen LogP contribution is -2.42. The highest BCUT2D eigenvalue weighted by Crippen LogP contribution is 2.38. The zero-order valence-corrected chi connectivity index (χ0v) is 13.1. The first-order valence-corrected chi connectivity index (χ1v) is 7.55. The third-order valence-corrected chi connectivity index (χ3v) is 3.98. The maximum absolute atomic E-state index is 12.5. The highest BCUT2D eigenvalue weighted by molar-refractivity contribution is 5.82. The summed E-state index contributed by atoms with van der Waals surface area (Å²) in [5.74, 6) is -0.0597. The second kappa shape index (κ2) is 5.08. The molecule has 120 valence electrons. The maximum Gasteiger partial charge on any atom is 0.325 e. The first kappa shape index (κ1) is 15.0. The van der Waals surface area contributed by atoms with Gasteiger partial charge in [-0.3, -0.25) is 14.6 Å². The van der Waals surface area contributed by atoms with E-state index in [0.29, 0.717) is 24.2 Å². The molecular weight excluding hydrogens is 286 g/mol. The molecule has 1 amide bonds. The number of nitrogens with one attached hydrogen (secondary N) is 2. The Balaban J connectivity index is 1.69. The Morgan fingerprint density at radius 2 is 2.00 bits per heavy atom. The van der Waals surface area contributed by atoms with Crippen LogP contribution in [0.1, 0.15) is 38.4 Å². The molecule has 0 spiro atoms. The Hall–Kier alpha value is -1.89. The molecule has 1 aliphatic heterocycles. The van der Waals surface area contributed by atoms with Gasteiger partial charge in [-0.15, -0.1) is 0 Å². The smallest absolute Gasteiger partial charge is 0.325 e. The topological polar surface area (TPSA) is 95.3 Å². The summed E-state index contributed by atoms with van der Waals surface area (Å²) in [6.07, 6.45) is 1.18.